The molecule has 0 aromatic carbocycles. The number of anilines is 2. The topological polar surface area (TPSA) is 59.1 Å². The number of nitrogens with one attached hydrogen (secondary N) is 2. The molecule has 0 radical (unpaired) electrons. The van der Waals surface area contributed by atoms with E-state index in [1.165, 1.54) is 0 Å². The largest absolute Gasteiger partial charge is 0.383 e. The highest BCUT2D eigenvalue weighted by molar-refractivity contribution is 5.47. The highest BCUT2D eigenvalue weighted by Gasteiger charge is 2.02. The number of aryl methyl sites for hydroxylation is 1. The van der Waals surface area contributed by atoms with Crippen LogP contribution in [0.4, 0.5) is 11.6 Å². The minimum atomic E-state index is 0.593. The zero-order valence-electron chi connectivity index (χ0n) is 11.1. The average molecular weight is 238 g/mol. The van der Waals surface area contributed by atoms with Crippen LogP contribution in [-0.2, 0) is 4.74 Å². The molecular formula is C12H22N4O. The van der Waals surface area contributed by atoms with Gasteiger partial charge in [0.25, 0.3) is 0 Å². The first-order valence-corrected chi connectivity index (χ1v) is 5.94. The van der Waals surface area contributed by atoms with E-state index in [-0.39, 0.29) is 0 Å². The summed E-state index contributed by atoms with van der Waals surface area (Å²) in [5.74, 6) is 3.06. The summed E-state index contributed by atoms with van der Waals surface area (Å²) in [5.41, 5.74) is 0. The fourth-order valence-electron chi connectivity index (χ4n) is 1.34. The van der Waals surface area contributed by atoms with Crippen LogP contribution in [0.5, 0.6) is 0 Å². The Morgan fingerprint density at radius 1 is 1.24 bits per heavy atom. The first kappa shape index (κ1) is 13.7. The van der Waals surface area contributed by atoms with E-state index in [9.17, 15) is 0 Å². The van der Waals surface area contributed by atoms with Crippen LogP contribution >= 0.6 is 0 Å². The second-order valence-corrected chi connectivity index (χ2v) is 4.38. The van der Waals surface area contributed by atoms with Crippen LogP contribution < -0.4 is 10.6 Å². The molecule has 1 aromatic heterocycles. The van der Waals surface area contributed by atoms with Crippen molar-refractivity contribution in [1.82, 2.24) is 9.97 Å². The van der Waals surface area contributed by atoms with Crippen molar-refractivity contribution in [3.05, 3.63) is 11.9 Å². The number of ether oxygens (including phenoxy) is 1. The molecule has 0 fully saturated rings. The van der Waals surface area contributed by atoms with Gasteiger partial charge in [-0.2, -0.15) is 0 Å². The molecule has 0 aliphatic rings. The Hall–Kier alpha value is -1.36. The van der Waals surface area contributed by atoms with Crippen molar-refractivity contribution < 1.29 is 4.74 Å². The second kappa shape index (κ2) is 7.06. The number of nitrogens with zero attached hydrogens (tertiary/aromatic N) is 2. The Morgan fingerprint density at radius 3 is 2.47 bits per heavy atom. The van der Waals surface area contributed by atoms with Crippen molar-refractivity contribution in [3.63, 3.8) is 0 Å². The van der Waals surface area contributed by atoms with Crippen LogP contribution in [0.25, 0.3) is 0 Å². The van der Waals surface area contributed by atoms with Crippen molar-refractivity contribution >= 4 is 11.6 Å². The summed E-state index contributed by atoms with van der Waals surface area (Å²) in [6, 6.07) is 1.92. The van der Waals surface area contributed by atoms with Crippen molar-refractivity contribution in [2.45, 2.75) is 20.8 Å². The molecule has 0 saturated heterocycles. The molecule has 0 amide bonds. The maximum atomic E-state index is 4.98. The summed E-state index contributed by atoms with van der Waals surface area (Å²) < 4.78 is 4.98. The predicted octanol–water partition coefficient (Wildman–Crippen LogP) is 1.91. The van der Waals surface area contributed by atoms with Gasteiger partial charge in [-0.15, -0.1) is 0 Å². The maximum absolute atomic E-state index is 4.98. The highest BCUT2D eigenvalue weighted by Crippen LogP contribution is 2.11. The van der Waals surface area contributed by atoms with Crippen molar-refractivity contribution in [2.24, 2.45) is 5.92 Å². The van der Waals surface area contributed by atoms with Gasteiger partial charge in [0.15, 0.2) is 0 Å². The van der Waals surface area contributed by atoms with E-state index in [0.717, 1.165) is 30.5 Å². The van der Waals surface area contributed by atoms with Crippen LogP contribution in [0.3, 0.4) is 0 Å². The molecule has 17 heavy (non-hydrogen) atoms. The summed E-state index contributed by atoms with van der Waals surface area (Å²) in [7, 11) is 1.68. The zero-order chi connectivity index (χ0) is 12.7. The maximum Gasteiger partial charge on any atom is 0.131 e. The average Bonchev–Trinajstić information content (AvgIpc) is 2.26. The molecule has 1 heterocycles. The minimum Gasteiger partial charge on any atom is -0.383 e. The Bertz CT molecular complexity index is 341. The van der Waals surface area contributed by atoms with Gasteiger partial charge in [0.2, 0.25) is 0 Å². The van der Waals surface area contributed by atoms with E-state index < -0.39 is 0 Å². The van der Waals surface area contributed by atoms with E-state index >= 15 is 0 Å². The molecule has 0 atom stereocenters. The first-order chi connectivity index (χ1) is 8.11. The van der Waals surface area contributed by atoms with Gasteiger partial charge in [-0.1, -0.05) is 13.8 Å². The molecule has 0 spiro atoms. The Kier molecular flexibility index (Phi) is 5.69. The molecule has 0 unspecified atom stereocenters. The standard InChI is InChI=1S/C12H22N4O/c1-9(2)8-14-12-7-11(13-5-6-17-4)15-10(3)16-12/h7,9H,5-6,8H2,1-4H3,(H2,13,14,15,16). The van der Waals surface area contributed by atoms with Crippen LogP contribution in [0.2, 0.25) is 0 Å². The predicted molar refractivity (Wildman–Crippen MR) is 70.5 cm³/mol. The van der Waals surface area contributed by atoms with Crippen LogP contribution in [0.1, 0.15) is 19.7 Å². The summed E-state index contributed by atoms with van der Waals surface area (Å²) in [6.45, 7) is 8.54. The normalized spacial score (nSPS) is 10.6. The molecule has 96 valence electrons. The quantitative estimate of drug-likeness (QED) is 0.711. The van der Waals surface area contributed by atoms with Gasteiger partial charge in [-0.3, -0.25) is 0 Å². The zero-order valence-corrected chi connectivity index (χ0v) is 11.1. The van der Waals surface area contributed by atoms with Crippen molar-refractivity contribution in [1.29, 1.82) is 0 Å². The molecule has 1 rings (SSSR count). The van der Waals surface area contributed by atoms with E-state index in [0.29, 0.717) is 12.5 Å². The molecule has 5 heteroatoms. The number of rotatable bonds is 7. The highest BCUT2D eigenvalue weighted by atomic mass is 16.5. The van der Waals surface area contributed by atoms with Crippen LogP contribution in [-0.4, -0.2) is 36.8 Å². The van der Waals surface area contributed by atoms with Gasteiger partial charge in [-0.25, -0.2) is 9.97 Å². The second-order valence-electron chi connectivity index (χ2n) is 4.38. The molecule has 0 saturated carbocycles. The summed E-state index contributed by atoms with van der Waals surface area (Å²) in [5, 5.41) is 6.49. The summed E-state index contributed by atoms with van der Waals surface area (Å²) >= 11 is 0. The number of hydrogen-bond acceptors (Lipinski definition) is 5. The van der Waals surface area contributed by atoms with Crippen LogP contribution in [0, 0.1) is 12.8 Å². The van der Waals surface area contributed by atoms with Gasteiger partial charge in [0, 0.05) is 26.3 Å². The number of aromatic nitrogens is 2. The fourth-order valence-corrected chi connectivity index (χ4v) is 1.34. The molecular weight excluding hydrogens is 216 g/mol. The van der Waals surface area contributed by atoms with Gasteiger partial charge in [-0.05, 0) is 12.8 Å². The molecule has 1 aromatic rings. The molecule has 5 nitrogen and oxygen atoms in total. The van der Waals surface area contributed by atoms with E-state index in [4.69, 9.17) is 4.74 Å². The lowest BCUT2D eigenvalue weighted by Gasteiger charge is -2.11. The van der Waals surface area contributed by atoms with E-state index in [1.54, 1.807) is 7.11 Å². The molecule has 0 aliphatic carbocycles. The summed E-state index contributed by atoms with van der Waals surface area (Å²) in [4.78, 5) is 8.66. The number of methoxy groups -OCH3 is 1. The fraction of sp³-hybridized carbons (Fsp3) is 0.667. The minimum absolute atomic E-state index is 0.593. The molecule has 0 bridgehead atoms. The SMILES string of the molecule is COCCNc1cc(NCC(C)C)nc(C)n1. The van der Waals surface area contributed by atoms with Crippen molar-refractivity contribution in [2.75, 3.05) is 37.4 Å². The third-order valence-electron chi connectivity index (χ3n) is 2.14. The Balaban J connectivity index is 2.59. The monoisotopic (exact) mass is 238 g/mol. The third-order valence-corrected chi connectivity index (χ3v) is 2.14. The summed E-state index contributed by atoms with van der Waals surface area (Å²) in [6.07, 6.45) is 0. The third kappa shape index (κ3) is 5.49. The van der Waals surface area contributed by atoms with E-state index in [1.807, 2.05) is 13.0 Å². The lowest BCUT2D eigenvalue weighted by Crippen LogP contribution is -2.13. The smallest absolute Gasteiger partial charge is 0.131 e. The van der Waals surface area contributed by atoms with Gasteiger partial charge in [0.1, 0.15) is 17.5 Å². The molecule has 0 aliphatic heterocycles. The number of hydrogen-bond donors (Lipinski definition) is 2. The van der Waals surface area contributed by atoms with Gasteiger partial charge < -0.3 is 15.4 Å². The lowest BCUT2D eigenvalue weighted by molar-refractivity contribution is 0.210. The Labute approximate surface area is 103 Å². The van der Waals surface area contributed by atoms with Gasteiger partial charge in [0.05, 0.1) is 6.61 Å². The van der Waals surface area contributed by atoms with Gasteiger partial charge >= 0.3 is 0 Å². The lowest BCUT2D eigenvalue weighted by atomic mass is 10.2. The van der Waals surface area contributed by atoms with E-state index in [2.05, 4.69) is 34.4 Å². The molecule has 2 N–H and O–H groups in total. The van der Waals surface area contributed by atoms with Crippen LogP contribution in [0.15, 0.2) is 6.07 Å². The Morgan fingerprint density at radius 2 is 1.88 bits per heavy atom. The first-order valence-electron chi connectivity index (χ1n) is 5.94. The van der Waals surface area contributed by atoms with Crippen molar-refractivity contribution in [3.8, 4) is 0 Å².